The van der Waals surface area contributed by atoms with Gasteiger partial charge in [0.15, 0.2) is 0 Å². The maximum Gasteiger partial charge on any atom is 0.315 e. The number of benzene rings is 2. The van der Waals surface area contributed by atoms with Crippen molar-refractivity contribution in [2.24, 2.45) is 5.73 Å². The first kappa shape index (κ1) is 26.1. The normalized spacial score (nSPS) is 9.03. The minimum absolute atomic E-state index is 0. The number of thiol groups is 1. The minimum Gasteiger partial charge on any atom is -0.412 e. The van der Waals surface area contributed by atoms with Crippen LogP contribution in [-0.2, 0) is 6.54 Å². The Hall–Kier alpha value is -2.91. The summed E-state index contributed by atoms with van der Waals surface area (Å²) < 4.78 is 0. The molecule has 0 fully saturated rings. The van der Waals surface area contributed by atoms with Gasteiger partial charge in [0.05, 0.1) is 0 Å². The van der Waals surface area contributed by atoms with Gasteiger partial charge in [-0.25, -0.2) is 4.79 Å². The molecule has 0 aliphatic carbocycles. The summed E-state index contributed by atoms with van der Waals surface area (Å²) in [6.07, 6.45) is 3.40. The highest BCUT2D eigenvalue weighted by atomic mass is 32.1. The number of aromatic nitrogens is 1. The molecule has 1 aromatic heterocycles. The second kappa shape index (κ2) is 15.1. The van der Waals surface area contributed by atoms with Gasteiger partial charge in [-0.3, -0.25) is 4.98 Å². The molecule has 7 nitrogen and oxygen atoms in total. The van der Waals surface area contributed by atoms with Gasteiger partial charge in [-0.05, 0) is 28.8 Å². The molecule has 0 atom stereocenters. The van der Waals surface area contributed by atoms with Crippen LogP contribution in [-0.4, -0.2) is 35.1 Å². The topological polar surface area (TPSA) is 143 Å². The number of carbonyl (C=O) groups is 1. The predicted octanol–water partition coefficient (Wildman–Crippen LogP) is 2.57. The number of carbonyl (C=O) groups excluding carboxylic acids is 1. The Morgan fingerprint density at radius 1 is 0.966 bits per heavy atom. The summed E-state index contributed by atoms with van der Waals surface area (Å²) in [5.41, 5.74) is 8.60. The van der Waals surface area contributed by atoms with Gasteiger partial charge < -0.3 is 27.3 Å². The number of amides is 2. The molecule has 0 radical (unpaired) electrons. The van der Waals surface area contributed by atoms with E-state index in [1.54, 1.807) is 12.4 Å². The third-order valence-corrected chi connectivity index (χ3v) is 3.98. The lowest BCUT2D eigenvalue weighted by Gasteiger charge is -2.05. The number of nitrogens with zero attached hydrogens (tertiary/aromatic N) is 1. The van der Waals surface area contributed by atoms with Crippen molar-refractivity contribution in [3.8, 4) is 11.1 Å². The van der Waals surface area contributed by atoms with Gasteiger partial charge in [-0.1, -0.05) is 54.6 Å². The predicted molar refractivity (Wildman–Crippen MR) is 126 cm³/mol. The van der Waals surface area contributed by atoms with Crippen LogP contribution in [0.15, 0.2) is 84.0 Å². The highest BCUT2D eigenvalue weighted by molar-refractivity contribution is 7.80. The van der Waals surface area contributed by atoms with Gasteiger partial charge >= 0.3 is 6.03 Å². The molecule has 2 amide bonds. The maximum atomic E-state index is 11.1. The molecule has 0 saturated carbocycles. The number of urea groups is 1. The Morgan fingerprint density at radius 2 is 1.66 bits per heavy atom. The van der Waals surface area contributed by atoms with Crippen LogP contribution in [0, 0.1) is 0 Å². The zero-order chi connectivity index (χ0) is 19.3. The number of hydrogen-bond acceptors (Lipinski definition) is 4. The zero-order valence-electron chi connectivity index (χ0n) is 16.0. The summed E-state index contributed by atoms with van der Waals surface area (Å²) in [6.45, 7) is 1.41. The van der Waals surface area contributed by atoms with Crippen molar-refractivity contribution >= 4 is 18.7 Å². The third kappa shape index (κ3) is 9.72. The third-order valence-electron chi connectivity index (χ3n) is 3.59. The van der Waals surface area contributed by atoms with Crippen molar-refractivity contribution in [2.45, 2.75) is 11.4 Å². The molecule has 162 valence electrons. The van der Waals surface area contributed by atoms with E-state index in [-0.39, 0.29) is 21.3 Å². The number of pyridine rings is 1. The van der Waals surface area contributed by atoms with E-state index in [4.69, 9.17) is 5.73 Å². The van der Waals surface area contributed by atoms with Crippen molar-refractivity contribution in [2.75, 3.05) is 13.1 Å². The summed E-state index contributed by atoms with van der Waals surface area (Å²) >= 11 is 4.41. The Labute approximate surface area is 180 Å². The van der Waals surface area contributed by atoms with Crippen LogP contribution in [0.2, 0.25) is 0 Å². The lowest BCUT2D eigenvalue weighted by molar-refractivity contribution is 0.241. The lowest BCUT2D eigenvalue weighted by Crippen LogP contribution is -2.37. The second-order valence-corrected chi connectivity index (χ2v) is 6.12. The molecule has 0 saturated heterocycles. The molecule has 3 aromatic rings. The average Bonchev–Trinajstić information content (AvgIpc) is 2.73. The van der Waals surface area contributed by atoms with Crippen molar-refractivity contribution in [3.05, 3.63) is 84.7 Å². The smallest absolute Gasteiger partial charge is 0.315 e. The molecule has 2 aromatic carbocycles. The quantitative estimate of drug-likeness (QED) is 0.469. The molecular weight excluding hydrogens is 388 g/mol. The van der Waals surface area contributed by atoms with E-state index in [2.05, 4.69) is 46.4 Å². The van der Waals surface area contributed by atoms with Gasteiger partial charge in [0.1, 0.15) is 0 Å². The van der Waals surface area contributed by atoms with Crippen LogP contribution in [0.25, 0.3) is 11.1 Å². The van der Waals surface area contributed by atoms with E-state index in [1.165, 1.54) is 11.1 Å². The van der Waals surface area contributed by atoms with Gasteiger partial charge in [0.25, 0.3) is 0 Å². The van der Waals surface area contributed by atoms with Crippen molar-refractivity contribution < 1.29 is 20.0 Å². The summed E-state index contributed by atoms with van der Waals surface area (Å²) in [6, 6.07) is 21.9. The Bertz CT molecular complexity index is 835. The Kier molecular flexibility index (Phi) is 13.6. The zero-order valence-corrected chi connectivity index (χ0v) is 16.9. The number of rotatable bonds is 5. The first-order valence-corrected chi connectivity index (χ1v) is 9.09. The first-order valence-electron chi connectivity index (χ1n) is 8.65. The lowest BCUT2D eigenvalue weighted by atomic mass is 10.1. The monoisotopic (exact) mass is 422 g/mol. The fourth-order valence-corrected chi connectivity index (χ4v) is 2.56. The molecule has 0 aliphatic rings. The van der Waals surface area contributed by atoms with Crippen LogP contribution in [0.5, 0.6) is 0 Å². The van der Waals surface area contributed by atoms with Crippen molar-refractivity contribution in [1.82, 2.24) is 15.6 Å². The average molecular weight is 423 g/mol. The fourth-order valence-electron chi connectivity index (χ4n) is 2.27. The second-order valence-electron chi connectivity index (χ2n) is 5.64. The molecule has 3 rings (SSSR count). The van der Waals surface area contributed by atoms with Crippen molar-refractivity contribution in [3.63, 3.8) is 0 Å². The molecular formula is C21H34N4O3S. The highest BCUT2D eigenvalue weighted by Gasteiger charge is 1.99. The van der Waals surface area contributed by atoms with E-state index in [1.807, 2.05) is 48.5 Å². The van der Waals surface area contributed by atoms with E-state index >= 15 is 0 Å². The van der Waals surface area contributed by atoms with Gasteiger partial charge in [0.2, 0.25) is 0 Å². The Morgan fingerprint density at radius 3 is 2.28 bits per heavy atom. The number of nitrogens with two attached hydrogens (primary N) is 1. The van der Waals surface area contributed by atoms with Crippen LogP contribution in [0.1, 0.15) is 9.84 Å². The molecule has 8 N–H and O–H groups in total. The molecule has 29 heavy (non-hydrogen) atoms. The molecule has 1 heterocycles. The van der Waals surface area contributed by atoms with Gasteiger partial charge in [0, 0.05) is 41.2 Å². The molecule has 0 spiro atoms. The molecule has 0 aliphatic heterocycles. The maximum absolute atomic E-state index is 11.1. The largest absolute Gasteiger partial charge is 0.412 e. The van der Waals surface area contributed by atoms with E-state index in [9.17, 15) is 4.79 Å². The number of hydrogen-bond donors (Lipinski definition) is 4. The van der Waals surface area contributed by atoms with Crippen molar-refractivity contribution in [1.29, 1.82) is 0 Å². The number of nitrogens with one attached hydrogen (secondary N) is 2. The van der Waals surface area contributed by atoms with Crippen LogP contribution < -0.4 is 16.4 Å². The van der Waals surface area contributed by atoms with Gasteiger partial charge in [-0.2, -0.15) is 0 Å². The first-order chi connectivity index (χ1) is 13.2. The summed E-state index contributed by atoms with van der Waals surface area (Å²) in [4.78, 5) is 16.0. The molecule has 0 bridgehead atoms. The SMILES string of the molecule is NCCNC(=O)NCc1cccnc1.O.O.Sc1ccccc1-c1ccccc1.[HH].[HH].[HH]. The molecule has 0 unspecified atom stereocenters. The van der Waals surface area contributed by atoms with Crippen LogP contribution >= 0.6 is 12.6 Å². The standard InChI is InChI=1S/C12H10S.C9H14N4O.2H2O.3H2/c13-12-9-5-4-8-11(12)10-6-2-1-3-7-10;10-3-5-12-9(14)13-7-8-2-1-4-11-6-8;;;;;/h1-9,13H;1-2,4,6H,3,5,7,10H2,(H2,12,13,14);2*1H2;3*1H. The highest BCUT2D eigenvalue weighted by Crippen LogP contribution is 2.25. The molecule has 8 heteroatoms. The van der Waals surface area contributed by atoms with E-state index in [0.717, 1.165) is 10.5 Å². The van der Waals surface area contributed by atoms with E-state index < -0.39 is 0 Å². The van der Waals surface area contributed by atoms with E-state index in [0.29, 0.717) is 19.6 Å². The van der Waals surface area contributed by atoms with Crippen LogP contribution in [0.4, 0.5) is 4.79 Å². The minimum atomic E-state index is -0.209. The fraction of sp³-hybridized carbons (Fsp3) is 0.143. The summed E-state index contributed by atoms with van der Waals surface area (Å²) in [7, 11) is 0. The summed E-state index contributed by atoms with van der Waals surface area (Å²) in [5, 5.41) is 5.30. The Balaban J connectivity index is -0.000000212. The van der Waals surface area contributed by atoms with Crippen LogP contribution in [0.3, 0.4) is 0 Å². The summed E-state index contributed by atoms with van der Waals surface area (Å²) in [5.74, 6) is 0. The van der Waals surface area contributed by atoms with Gasteiger partial charge in [-0.15, -0.1) is 12.6 Å².